The number of nitrogens with zero attached hydrogens (tertiary/aromatic N) is 8. The fraction of sp³-hybridized carbons (Fsp3) is 0.576. The highest BCUT2D eigenvalue weighted by molar-refractivity contribution is 7.66. The highest BCUT2D eigenvalue weighted by Gasteiger charge is 2.55. The number of nitrogens with one attached hydrogen (secondary N) is 2. The Morgan fingerprint density at radius 2 is 1.31 bits per heavy atom. The number of phosphoric acid groups is 3. The van der Waals surface area contributed by atoms with E-state index < -0.39 is 141 Å². The summed E-state index contributed by atoms with van der Waals surface area (Å²) in [5.41, 5.74) is 11.9. The number of rotatable bonds is 20. The van der Waals surface area contributed by atoms with Gasteiger partial charge >= 0.3 is 34.7 Å². The van der Waals surface area contributed by atoms with Gasteiger partial charge in [-0.1, -0.05) is 0 Å². The monoisotopic (exact) mass is 1130 g/mol. The normalized spacial score (nSPS) is 30.6. The molecule has 408 valence electrons. The van der Waals surface area contributed by atoms with E-state index in [2.05, 4.69) is 38.5 Å². The van der Waals surface area contributed by atoms with E-state index in [0.29, 0.717) is 0 Å². The van der Waals surface area contributed by atoms with Crippen LogP contribution in [0.15, 0.2) is 39.3 Å². The molecule has 5 aromatic rings. The molecule has 37 nitrogen and oxygen atoms in total. The topological polar surface area (TPSA) is 536 Å². The molecule has 0 bridgehead atoms. The quantitative estimate of drug-likeness (QED) is 0.0257. The second-order valence-corrected chi connectivity index (χ2v) is 23.1. The third-order valence-corrected chi connectivity index (χ3v) is 17.8. The minimum atomic E-state index is -6.22. The molecule has 0 aromatic carbocycles. The Labute approximate surface area is 411 Å². The summed E-state index contributed by atoms with van der Waals surface area (Å²) in [6, 6.07) is 1.12. The second-order valence-electron chi connectivity index (χ2n) is 16.5. The molecule has 0 aliphatic carbocycles. The lowest BCUT2D eigenvalue weighted by molar-refractivity contribution is -0.646. The summed E-state index contributed by atoms with van der Waals surface area (Å²) in [4.78, 5) is 104. The number of fused-ring (bicyclic) bond motifs is 2. The van der Waals surface area contributed by atoms with E-state index in [9.17, 15) is 67.5 Å². The van der Waals surface area contributed by atoms with Crippen molar-refractivity contribution in [3.63, 3.8) is 0 Å². The highest BCUT2D eigenvalue weighted by Crippen LogP contribution is 2.68. The summed E-state index contributed by atoms with van der Waals surface area (Å²) in [7, 11) is -19.9. The van der Waals surface area contributed by atoms with Gasteiger partial charge in [-0.15, -0.1) is 0 Å². The predicted molar refractivity (Wildman–Crippen MR) is 238 cm³/mol. The molecule has 16 atom stereocenters. The van der Waals surface area contributed by atoms with E-state index in [0.717, 1.165) is 34.8 Å². The van der Waals surface area contributed by atoms with Crippen molar-refractivity contribution in [1.82, 2.24) is 43.6 Å². The summed E-state index contributed by atoms with van der Waals surface area (Å²) in [5.74, 6) is -1.93. The first-order valence-electron chi connectivity index (χ1n) is 21.2. The molecule has 3 fully saturated rings. The van der Waals surface area contributed by atoms with E-state index in [4.69, 9.17) is 54.5 Å². The number of aromatic nitrogens is 10. The number of hydrogen-bond donors (Lipinski definition) is 11. The van der Waals surface area contributed by atoms with Crippen LogP contribution in [0.1, 0.15) is 18.7 Å². The van der Waals surface area contributed by atoms with Crippen LogP contribution in [0.25, 0.3) is 22.3 Å². The molecule has 0 radical (unpaired) electrons. The number of imidazole rings is 2. The summed E-state index contributed by atoms with van der Waals surface area (Å²) in [5, 5.41) is 33.0. The molecule has 41 heteroatoms. The lowest BCUT2D eigenvalue weighted by atomic mass is 9.99. The Morgan fingerprint density at radius 3 is 1.95 bits per heavy atom. The molecule has 8 heterocycles. The number of aromatic amines is 2. The Balaban J connectivity index is 0.945. The zero-order valence-corrected chi connectivity index (χ0v) is 41.8. The summed E-state index contributed by atoms with van der Waals surface area (Å²) in [6.45, 7) is -3.69. The van der Waals surface area contributed by atoms with Gasteiger partial charge in [-0.2, -0.15) is 28.1 Å². The zero-order valence-electron chi connectivity index (χ0n) is 38.2. The van der Waals surface area contributed by atoms with Gasteiger partial charge in [-0.25, -0.2) is 28.0 Å². The van der Waals surface area contributed by atoms with Crippen LogP contribution in [0.4, 0.5) is 17.7 Å². The van der Waals surface area contributed by atoms with Gasteiger partial charge in [-0.3, -0.25) is 37.7 Å². The first-order chi connectivity index (χ1) is 34.6. The number of nitrogens with two attached hydrogens (primary N) is 3. The SMILES string of the molecule is COC[C@H]1[C@@H](O)[C@H](n2c[n+](C)c3c(=O)[nH]c(N)nc32)O[C@@H]1COP(=O)(O)OP(=O)(O)OP(=O)(O)OC[C@H]1O[C@@H](n2ccc(N)nc2=O)[C@H](OC)[C@@H]1P(=O)([O-])OC[C@H]1O[C@@H](n2cnc3c(=O)[nH]c(N)nc32)[C@H](O)[C@@H]1O. The standard InChI is InChI=1S/C33H47N13O24P4/c1-43-11-46(25-18(43)27(51)42-32(36)40-25)28-19(47)12(6-61-2)13(66-28)7-64-72(55,56)69-74(59,60)70-73(57,58)65-9-15-23(22(62-3)30(68-15)44-5-4-16(34)38-33(44)52)71(53,54)63-8-14-20(48)21(49)29(67-14)45-10-37-17-24(45)39-31(35)41-26(17)50/h4-5,10-15,19-23,28-30,47-49H,6-9H2,1-3H3,(H11-,34,35,36,38,39,40,41,42,50,51,52,53,54,55,56,57,58,59,60)/t12-,13-,14-,15-,19-,20-,21-,22-,23-,28-,29-,30-/m1/s1. The maximum Gasteiger partial charge on any atom is 0.490 e. The molecule has 0 amide bonds. The van der Waals surface area contributed by atoms with Crippen LogP contribution in [-0.4, -0.2) is 163 Å². The van der Waals surface area contributed by atoms with Gasteiger partial charge in [0.25, 0.3) is 16.7 Å². The first kappa shape index (κ1) is 55.5. The minimum Gasteiger partial charge on any atom is -0.778 e. The lowest BCUT2D eigenvalue weighted by Crippen LogP contribution is -2.41. The summed E-state index contributed by atoms with van der Waals surface area (Å²) < 4.78 is 109. The maximum atomic E-state index is 14.1. The molecule has 8 rings (SSSR count). The van der Waals surface area contributed by atoms with Crippen molar-refractivity contribution >= 4 is 71.1 Å². The van der Waals surface area contributed by atoms with Crippen molar-refractivity contribution < 1.29 is 104 Å². The van der Waals surface area contributed by atoms with E-state index in [1.54, 1.807) is 0 Å². The molecule has 0 spiro atoms. The van der Waals surface area contributed by atoms with Gasteiger partial charge in [0.2, 0.25) is 24.5 Å². The summed E-state index contributed by atoms with van der Waals surface area (Å²) >= 11 is 0. The zero-order chi connectivity index (χ0) is 54.0. The van der Waals surface area contributed by atoms with Crippen LogP contribution in [-0.2, 0) is 71.2 Å². The van der Waals surface area contributed by atoms with Crippen molar-refractivity contribution in [1.29, 1.82) is 0 Å². The fourth-order valence-electron chi connectivity index (χ4n) is 8.52. The smallest absolute Gasteiger partial charge is 0.490 e. The average molecular weight is 1130 g/mol. The molecule has 14 N–H and O–H groups in total. The maximum absolute atomic E-state index is 14.1. The Bertz CT molecular complexity index is 3300. The summed E-state index contributed by atoms with van der Waals surface area (Å²) in [6.07, 6.45) is -13.2. The first-order valence-corrected chi connectivity index (χ1v) is 27.2. The van der Waals surface area contributed by atoms with E-state index in [1.807, 2.05) is 0 Å². The Hall–Kier alpha value is -4.78. The third-order valence-electron chi connectivity index (χ3n) is 11.7. The second kappa shape index (κ2) is 21.0. The molecule has 3 saturated heterocycles. The van der Waals surface area contributed by atoms with E-state index >= 15 is 0 Å². The fourth-order valence-corrected chi connectivity index (χ4v) is 13.8. The van der Waals surface area contributed by atoms with Crippen molar-refractivity contribution in [2.45, 2.75) is 67.1 Å². The number of ether oxygens (including phenoxy) is 5. The average Bonchev–Trinajstić information content (AvgIpc) is 4.10. The van der Waals surface area contributed by atoms with Crippen LogP contribution < -0.4 is 43.5 Å². The molecular weight excluding hydrogens is 1090 g/mol. The van der Waals surface area contributed by atoms with E-state index in [1.165, 1.54) is 29.6 Å². The number of phosphoric ester groups is 2. The van der Waals surface area contributed by atoms with Crippen molar-refractivity contribution in [3.8, 4) is 0 Å². The number of aliphatic hydroxyl groups excluding tert-OH is 3. The van der Waals surface area contributed by atoms with Gasteiger partial charge in [-0.05, 0) is 6.07 Å². The van der Waals surface area contributed by atoms with Crippen LogP contribution in [0, 0.1) is 5.92 Å². The highest BCUT2D eigenvalue weighted by atomic mass is 31.3. The van der Waals surface area contributed by atoms with Crippen LogP contribution >= 0.6 is 31.1 Å². The lowest BCUT2D eigenvalue weighted by Gasteiger charge is -2.35. The van der Waals surface area contributed by atoms with Gasteiger partial charge in [0.15, 0.2) is 23.6 Å². The van der Waals surface area contributed by atoms with Gasteiger partial charge < -0.3 is 84.9 Å². The largest absolute Gasteiger partial charge is 0.778 e. The minimum absolute atomic E-state index is 0.0260. The third kappa shape index (κ3) is 11.2. The number of hydrogen-bond acceptors (Lipinski definition) is 28. The Morgan fingerprint density at radius 1 is 0.730 bits per heavy atom. The van der Waals surface area contributed by atoms with Crippen molar-refractivity contribution in [2.75, 3.05) is 57.8 Å². The van der Waals surface area contributed by atoms with Crippen LogP contribution in [0.5, 0.6) is 0 Å². The number of H-pyrrole nitrogens is 2. The molecule has 74 heavy (non-hydrogen) atoms. The molecule has 5 aromatic heterocycles. The van der Waals surface area contributed by atoms with Crippen LogP contribution in [0.3, 0.4) is 0 Å². The van der Waals surface area contributed by atoms with Gasteiger partial charge in [0.1, 0.15) is 43.9 Å². The van der Waals surface area contributed by atoms with Gasteiger partial charge in [0, 0.05) is 26.3 Å². The number of aliphatic hydroxyl groups is 3. The van der Waals surface area contributed by atoms with Crippen molar-refractivity contribution in [3.05, 3.63) is 56.1 Å². The molecule has 3 aliphatic rings. The number of methoxy groups -OCH3 is 2. The predicted octanol–water partition coefficient (Wildman–Crippen LogP) is -4.96. The van der Waals surface area contributed by atoms with Gasteiger partial charge in [0.05, 0.1) is 57.7 Å². The number of anilines is 3. The Kier molecular flexibility index (Phi) is 15.7. The molecule has 0 saturated carbocycles. The van der Waals surface area contributed by atoms with E-state index in [-0.39, 0.29) is 46.6 Å². The molecular formula is C33H47N13O24P4. The van der Waals surface area contributed by atoms with Crippen molar-refractivity contribution in [2.24, 2.45) is 13.0 Å². The molecule has 3 aliphatic heterocycles. The van der Waals surface area contributed by atoms with Crippen LogP contribution in [0.2, 0.25) is 0 Å². The molecule has 4 unspecified atom stereocenters. The number of aryl methyl sites for hydroxylation is 1. The number of nitrogen functional groups attached to an aromatic ring is 3.